The quantitative estimate of drug-likeness (QED) is 0.862. The summed E-state index contributed by atoms with van der Waals surface area (Å²) in [5.74, 6) is 0. The van der Waals surface area contributed by atoms with Crippen LogP contribution in [0.1, 0.15) is 13.8 Å². The molecule has 104 valence electrons. The Morgan fingerprint density at radius 2 is 1.58 bits per heavy atom. The topological polar surface area (TPSA) is 65.5 Å². The molecule has 5 nitrogen and oxygen atoms in total. The first kappa shape index (κ1) is 15.6. The number of aromatic nitrogens is 1. The van der Waals surface area contributed by atoms with Crippen LogP contribution >= 0.6 is 0 Å². The van der Waals surface area contributed by atoms with Gasteiger partial charge in [-0.2, -0.15) is 8.42 Å². The number of benzene rings is 1. The SMILES string of the molecule is CCOS(=O)(=O)OCC.c1ccc2cnccc2c1. The fourth-order valence-corrected chi connectivity index (χ4v) is 2.00. The summed E-state index contributed by atoms with van der Waals surface area (Å²) in [7, 11) is -3.68. The molecular formula is C13H17NO4S. The molecule has 1 aromatic heterocycles. The Kier molecular flexibility index (Phi) is 6.41. The summed E-state index contributed by atoms with van der Waals surface area (Å²) in [4.78, 5) is 4.01. The van der Waals surface area contributed by atoms with E-state index in [0.29, 0.717) is 0 Å². The van der Waals surface area contributed by atoms with E-state index >= 15 is 0 Å². The van der Waals surface area contributed by atoms with E-state index in [-0.39, 0.29) is 13.2 Å². The molecule has 19 heavy (non-hydrogen) atoms. The van der Waals surface area contributed by atoms with Crippen LogP contribution in [-0.2, 0) is 18.8 Å². The largest absolute Gasteiger partial charge is 0.399 e. The molecule has 0 saturated heterocycles. The number of rotatable bonds is 4. The number of pyridine rings is 1. The zero-order valence-corrected chi connectivity index (χ0v) is 11.8. The van der Waals surface area contributed by atoms with Crippen LogP contribution in [-0.4, -0.2) is 26.6 Å². The molecule has 2 rings (SSSR count). The lowest BCUT2D eigenvalue weighted by Gasteiger charge is -1.99. The van der Waals surface area contributed by atoms with Crippen molar-refractivity contribution in [2.24, 2.45) is 0 Å². The Balaban J connectivity index is 0.000000192. The van der Waals surface area contributed by atoms with E-state index in [4.69, 9.17) is 0 Å². The molecule has 6 heteroatoms. The summed E-state index contributed by atoms with van der Waals surface area (Å²) in [6.45, 7) is 3.39. The van der Waals surface area contributed by atoms with Gasteiger partial charge in [-0.3, -0.25) is 4.98 Å². The second-order valence-electron chi connectivity index (χ2n) is 3.44. The van der Waals surface area contributed by atoms with Crippen LogP contribution in [0.2, 0.25) is 0 Å². The van der Waals surface area contributed by atoms with Crippen LogP contribution in [0.15, 0.2) is 42.7 Å². The maximum atomic E-state index is 10.4. The second-order valence-corrected chi connectivity index (χ2v) is 4.73. The van der Waals surface area contributed by atoms with E-state index in [1.165, 1.54) is 10.8 Å². The van der Waals surface area contributed by atoms with Gasteiger partial charge in [0, 0.05) is 12.4 Å². The van der Waals surface area contributed by atoms with Crippen LogP contribution in [0, 0.1) is 0 Å². The summed E-state index contributed by atoms with van der Waals surface area (Å²) in [6.07, 6.45) is 3.68. The maximum Gasteiger partial charge on any atom is 0.399 e. The molecule has 2 aromatic rings. The molecule has 0 N–H and O–H groups in total. The average Bonchev–Trinajstić information content (AvgIpc) is 2.39. The van der Waals surface area contributed by atoms with Gasteiger partial charge in [0.15, 0.2) is 0 Å². The predicted octanol–water partition coefficient (Wildman–Crippen LogP) is 2.54. The van der Waals surface area contributed by atoms with E-state index in [0.717, 1.165) is 0 Å². The van der Waals surface area contributed by atoms with Crippen molar-refractivity contribution in [3.05, 3.63) is 42.7 Å². The molecule has 1 heterocycles. The standard InChI is InChI=1S/C9H7N.C4H10O4S/c1-2-4-9-7-10-6-5-8(9)3-1;1-3-7-9(5,6)8-4-2/h1-7H;3-4H2,1-2H3. The van der Waals surface area contributed by atoms with Crippen LogP contribution in [0.5, 0.6) is 0 Å². The van der Waals surface area contributed by atoms with Crippen molar-refractivity contribution in [3.63, 3.8) is 0 Å². The molecule has 0 bridgehead atoms. The zero-order valence-electron chi connectivity index (χ0n) is 10.9. The van der Waals surface area contributed by atoms with Gasteiger partial charge >= 0.3 is 10.4 Å². The third kappa shape index (κ3) is 5.78. The number of hydrogen-bond acceptors (Lipinski definition) is 5. The van der Waals surface area contributed by atoms with Gasteiger partial charge in [-0.05, 0) is 30.7 Å². The third-order valence-corrected chi connectivity index (χ3v) is 3.12. The third-order valence-electron chi connectivity index (χ3n) is 2.07. The molecular weight excluding hydrogens is 266 g/mol. The molecule has 0 aliphatic carbocycles. The predicted molar refractivity (Wildman–Crippen MR) is 73.9 cm³/mol. The van der Waals surface area contributed by atoms with Crippen molar-refractivity contribution < 1.29 is 16.8 Å². The first-order chi connectivity index (χ1) is 9.09. The minimum Gasteiger partial charge on any atom is -0.264 e. The van der Waals surface area contributed by atoms with Gasteiger partial charge in [0.05, 0.1) is 13.2 Å². The Morgan fingerprint density at radius 3 is 2.11 bits per heavy atom. The highest BCUT2D eigenvalue weighted by Crippen LogP contribution is 2.09. The maximum absolute atomic E-state index is 10.4. The molecule has 0 aliphatic heterocycles. The summed E-state index contributed by atoms with van der Waals surface area (Å²) in [5, 5.41) is 2.45. The molecule has 0 radical (unpaired) electrons. The minimum absolute atomic E-state index is 0.113. The van der Waals surface area contributed by atoms with Crippen LogP contribution in [0.3, 0.4) is 0 Å². The van der Waals surface area contributed by atoms with Gasteiger partial charge in [0.1, 0.15) is 0 Å². The smallest absolute Gasteiger partial charge is 0.264 e. The Labute approximate surface area is 113 Å². The summed E-state index contributed by atoms with van der Waals surface area (Å²) >= 11 is 0. The summed E-state index contributed by atoms with van der Waals surface area (Å²) < 4.78 is 29.2. The molecule has 1 aromatic carbocycles. The van der Waals surface area contributed by atoms with Crippen molar-refractivity contribution in [1.82, 2.24) is 4.98 Å². The summed E-state index contributed by atoms with van der Waals surface area (Å²) in [6, 6.07) is 10.2. The minimum atomic E-state index is -3.68. The van der Waals surface area contributed by atoms with Gasteiger partial charge in [-0.15, -0.1) is 0 Å². The highest BCUT2D eigenvalue weighted by atomic mass is 32.3. The van der Waals surface area contributed by atoms with Gasteiger partial charge < -0.3 is 0 Å². The van der Waals surface area contributed by atoms with Crippen molar-refractivity contribution >= 4 is 21.2 Å². The molecule has 0 atom stereocenters. The first-order valence-corrected chi connectivity index (χ1v) is 7.25. The normalized spacial score (nSPS) is 10.8. The Bertz CT molecular complexity index is 521. The molecule has 0 spiro atoms. The second kappa shape index (κ2) is 7.83. The van der Waals surface area contributed by atoms with Gasteiger partial charge in [-0.25, -0.2) is 8.37 Å². The van der Waals surface area contributed by atoms with E-state index in [1.807, 2.05) is 30.6 Å². The van der Waals surface area contributed by atoms with Crippen molar-refractivity contribution in [3.8, 4) is 0 Å². The molecule has 0 amide bonds. The summed E-state index contributed by atoms with van der Waals surface area (Å²) in [5.41, 5.74) is 0. The van der Waals surface area contributed by atoms with Crippen LogP contribution in [0.4, 0.5) is 0 Å². The van der Waals surface area contributed by atoms with Gasteiger partial charge in [0.25, 0.3) is 0 Å². The molecule has 0 unspecified atom stereocenters. The fourth-order valence-electron chi connectivity index (χ4n) is 1.35. The lowest BCUT2D eigenvalue weighted by Crippen LogP contribution is -2.09. The van der Waals surface area contributed by atoms with Crippen LogP contribution in [0.25, 0.3) is 10.8 Å². The lowest BCUT2D eigenvalue weighted by molar-refractivity contribution is 0.231. The van der Waals surface area contributed by atoms with Crippen molar-refractivity contribution in [2.75, 3.05) is 13.2 Å². The van der Waals surface area contributed by atoms with Crippen LogP contribution < -0.4 is 0 Å². The Hall–Kier alpha value is -1.50. The number of nitrogens with zero attached hydrogens (tertiary/aromatic N) is 1. The van der Waals surface area contributed by atoms with Crippen molar-refractivity contribution in [1.29, 1.82) is 0 Å². The van der Waals surface area contributed by atoms with E-state index in [1.54, 1.807) is 13.8 Å². The van der Waals surface area contributed by atoms with Gasteiger partial charge in [0.2, 0.25) is 0 Å². The van der Waals surface area contributed by atoms with Gasteiger partial charge in [-0.1, -0.05) is 24.3 Å². The fraction of sp³-hybridized carbons (Fsp3) is 0.308. The molecule has 0 fully saturated rings. The average molecular weight is 283 g/mol. The molecule has 0 saturated carbocycles. The van der Waals surface area contributed by atoms with E-state index in [9.17, 15) is 8.42 Å². The first-order valence-electron chi connectivity index (χ1n) is 5.91. The highest BCUT2D eigenvalue weighted by molar-refractivity contribution is 7.81. The number of fused-ring (bicyclic) bond motifs is 1. The van der Waals surface area contributed by atoms with E-state index < -0.39 is 10.4 Å². The highest BCUT2D eigenvalue weighted by Gasteiger charge is 2.06. The Morgan fingerprint density at radius 1 is 1.00 bits per heavy atom. The molecule has 0 aliphatic rings. The van der Waals surface area contributed by atoms with E-state index in [2.05, 4.69) is 25.5 Å². The zero-order chi connectivity index (χ0) is 14.1. The lowest BCUT2D eigenvalue weighted by atomic mass is 10.2. The number of hydrogen-bond donors (Lipinski definition) is 0. The monoisotopic (exact) mass is 283 g/mol. The van der Waals surface area contributed by atoms with Crippen molar-refractivity contribution in [2.45, 2.75) is 13.8 Å².